The molecule has 0 radical (unpaired) electrons. The number of aromatic amines is 1. The fourth-order valence-electron chi connectivity index (χ4n) is 3.98. The smallest absolute Gasteiger partial charge is 0.272 e. The van der Waals surface area contributed by atoms with E-state index in [1.807, 2.05) is 48.5 Å². The van der Waals surface area contributed by atoms with E-state index in [0.29, 0.717) is 16.5 Å². The summed E-state index contributed by atoms with van der Waals surface area (Å²) in [6.45, 7) is 0. The third kappa shape index (κ3) is 2.51. The summed E-state index contributed by atoms with van der Waals surface area (Å²) in [7, 11) is 0. The van der Waals surface area contributed by atoms with Crippen molar-refractivity contribution < 1.29 is 4.39 Å². The van der Waals surface area contributed by atoms with Gasteiger partial charge < -0.3 is 5.32 Å². The Labute approximate surface area is 154 Å². The Hall–Kier alpha value is -3.47. The molecule has 5 heteroatoms. The second kappa shape index (κ2) is 6.06. The minimum absolute atomic E-state index is 0.120. The van der Waals surface area contributed by atoms with E-state index < -0.39 is 5.82 Å². The summed E-state index contributed by atoms with van der Waals surface area (Å²) in [4.78, 5) is 12.3. The van der Waals surface area contributed by atoms with Crippen LogP contribution < -0.4 is 10.9 Å². The van der Waals surface area contributed by atoms with Gasteiger partial charge in [0.1, 0.15) is 5.82 Å². The topological polar surface area (TPSA) is 57.8 Å². The molecule has 0 aliphatic carbocycles. The van der Waals surface area contributed by atoms with E-state index >= 15 is 0 Å². The molecule has 0 saturated carbocycles. The minimum Gasteiger partial charge on any atom is -0.377 e. The summed E-state index contributed by atoms with van der Waals surface area (Å²) in [6.07, 6.45) is 0. The number of nitrogens with one attached hydrogen (secondary N) is 2. The van der Waals surface area contributed by atoms with E-state index in [0.717, 1.165) is 16.8 Å². The van der Waals surface area contributed by atoms with Crippen molar-refractivity contribution >= 4 is 16.5 Å². The van der Waals surface area contributed by atoms with Gasteiger partial charge in [-0.15, -0.1) is 0 Å². The van der Waals surface area contributed by atoms with Gasteiger partial charge in [0.25, 0.3) is 5.56 Å². The minimum atomic E-state index is -0.447. The molecule has 1 aliphatic heterocycles. The molecule has 0 saturated heterocycles. The van der Waals surface area contributed by atoms with Gasteiger partial charge in [0.2, 0.25) is 0 Å². The highest BCUT2D eigenvalue weighted by atomic mass is 19.1. The predicted molar refractivity (Wildman–Crippen MR) is 103 cm³/mol. The zero-order valence-corrected chi connectivity index (χ0v) is 14.3. The lowest BCUT2D eigenvalue weighted by atomic mass is 9.80. The monoisotopic (exact) mass is 357 g/mol. The van der Waals surface area contributed by atoms with Crippen molar-refractivity contribution in [1.29, 1.82) is 0 Å². The molecule has 27 heavy (non-hydrogen) atoms. The van der Waals surface area contributed by atoms with Crippen molar-refractivity contribution in [3.63, 3.8) is 0 Å². The number of anilines is 1. The highest BCUT2D eigenvalue weighted by Gasteiger charge is 2.34. The molecule has 1 aliphatic rings. The largest absolute Gasteiger partial charge is 0.377 e. The van der Waals surface area contributed by atoms with Crippen LogP contribution in [0.4, 0.5) is 10.1 Å². The Bertz CT molecular complexity index is 1190. The Morgan fingerprint density at radius 3 is 2.26 bits per heavy atom. The number of benzene rings is 3. The van der Waals surface area contributed by atoms with Crippen LogP contribution in [-0.2, 0) is 0 Å². The first kappa shape index (κ1) is 15.8. The zero-order chi connectivity index (χ0) is 18.4. The molecule has 4 nitrogen and oxygen atoms in total. The second-order valence-corrected chi connectivity index (χ2v) is 6.73. The van der Waals surface area contributed by atoms with Gasteiger partial charge in [-0.1, -0.05) is 60.7 Å². The van der Waals surface area contributed by atoms with Crippen LogP contribution in [0.2, 0.25) is 0 Å². The Balaban J connectivity index is 1.83. The average Bonchev–Trinajstić information content (AvgIpc) is 2.71. The molecule has 132 valence electrons. The molecule has 5 rings (SSSR count). The molecular weight excluding hydrogens is 341 g/mol. The van der Waals surface area contributed by atoms with Crippen molar-refractivity contribution in [2.24, 2.45) is 0 Å². The Morgan fingerprint density at radius 1 is 0.889 bits per heavy atom. The predicted octanol–water partition coefficient (Wildman–Crippen LogP) is 4.36. The van der Waals surface area contributed by atoms with Crippen LogP contribution in [-0.4, -0.2) is 10.2 Å². The number of hydrogen-bond acceptors (Lipinski definition) is 3. The molecule has 1 aromatic heterocycles. The molecule has 0 fully saturated rings. The number of aromatic nitrogens is 2. The van der Waals surface area contributed by atoms with Gasteiger partial charge in [-0.2, -0.15) is 5.10 Å². The average molecular weight is 357 g/mol. The van der Waals surface area contributed by atoms with E-state index in [-0.39, 0.29) is 17.5 Å². The van der Waals surface area contributed by atoms with E-state index in [2.05, 4.69) is 27.6 Å². The fraction of sp³-hybridized carbons (Fsp3) is 0.0909. The lowest BCUT2D eigenvalue weighted by Gasteiger charge is -2.34. The maximum absolute atomic E-state index is 14.2. The first-order chi connectivity index (χ1) is 13.2. The van der Waals surface area contributed by atoms with Crippen molar-refractivity contribution in [2.45, 2.75) is 12.0 Å². The Morgan fingerprint density at radius 2 is 1.56 bits per heavy atom. The van der Waals surface area contributed by atoms with Gasteiger partial charge in [-0.05, 0) is 23.3 Å². The van der Waals surface area contributed by atoms with Crippen LogP contribution in [0.3, 0.4) is 0 Å². The quantitative estimate of drug-likeness (QED) is 0.560. The maximum Gasteiger partial charge on any atom is 0.272 e. The molecule has 0 unspecified atom stereocenters. The summed E-state index contributed by atoms with van der Waals surface area (Å²) in [6, 6.07) is 22.6. The summed E-state index contributed by atoms with van der Waals surface area (Å²) in [5.74, 6) is -0.566. The van der Waals surface area contributed by atoms with Crippen LogP contribution in [0.5, 0.6) is 0 Å². The number of H-pyrrole nitrogens is 1. The Kier molecular flexibility index (Phi) is 3.53. The highest BCUT2D eigenvalue weighted by molar-refractivity contribution is 5.97. The molecular formula is C22H16FN3O. The lowest BCUT2D eigenvalue weighted by molar-refractivity contribution is 0.619. The van der Waals surface area contributed by atoms with Crippen LogP contribution in [0.1, 0.15) is 28.8 Å². The fourth-order valence-corrected chi connectivity index (χ4v) is 3.98. The van der Waals surface area contributed by atoms with Gasteiger partial charge >= 0.3 is 0 Å². The van der Waals surface area contributed by atoms with E-state index in [1.54, 1.807) is 0 Å². The van der Waals surface area contributed by atoms with Crippen LogP contribution in [0.15, 0.2) is 77.6 Å². The van der Waals surface area contributed by atoms with Crippen LogP contribution in [0, 0.1) is 5.82 Å². The van der Waals surface area contributed by atoms with Crippen LogP contribution >= 0.6 is 0 Å². The zero-order valence-electron chi connectivity index (χ0n) is 14.3. The first-order valence-electron chi connectivity index (χ1n) is 8.80. The number of hydrogen-bond donors (Lipinski definition) is 2. The van der Waals surface area contributed by atoms with Gasteiger partial charge in [0, 0.05) is 11.1 Å². The van der Waals surface area contributed by atoms with Crippen molar-refractivity contribution in [3.8, 4) is 0 Å². The van der Waals surface area contributed by atoms with Gasteiger partial charge in [0.15, 0.2) is 0 Å². The summed E-state index contributed by atoms with van der Waals surface area (Å²) in [5, 5.41) is 11.4. The van der Waals surface area contributed by atoms with E-state index in [1.165, 1.54) is 12.1 Å². The normalized spacial score (nSPS) is 18.3. The van der Waals surface area contributed by atoms with Crippen molar-refractivity contribution in [1.82, 2.24) is 10.2 Å². The number of nitrogens with zero attached hydrogens (tertiary/aromatic N) is 1. The number of halogens is 1. The second-order valence-electron chi connectivity index (χ2n) is 6.73. The molecule has 0 amide bonds. The summed E-state index contributed by atoms with van der Waals surface area (Å²) < 4.78 is 14.2. The maximum atomic E-state index is 14.2. The first-order valence-corrected chi connectivity index (χ1v) is 8.80. The molecule has 3 aromatic carbocycles. The van der Waals surface area contributed by atoms with Gasteiger partial charge in [-0.3, -0.25) is 4.79 Å². The van der Waals surface area contributed by atoms with Crippen molar-refractivity contribution in [3.05, 3.63) is 106 Å². The standard InChI is InChI=1S/C22H16FN3O/c23-15-11-16-19-17(12-15)24-20(14-9-5-2-6-10-14)18(13-7-3-1-4-8-13)21(19)25-26-22(16)27/h1-12,18,20,24H,(H,26,27)/t18-,20+/m1/s1. The van der Waals surface area contributed by atoms with Crippen LogP contribution in [0.25, 0.3) is 10.8 Å². The molecule has 2 atom stereocenters. The van der Waals surface area contributed by atoms with Gasteiger partial charge in [0.05, 0.1) is 23.0 Å². The molecule has 2 N–H and O–H groups in total. The SMILES string of the molecule is O=c1[nH]nc2c3c(cc(F)cc13)N[C@@H](c1ccccc1)[C@H]2c1ccccc1. The lowest BCUT2D eigenvalue weighted by Crippen LogP contribution is -2.28. The van der Waals surface area contributed by atoms with Crippen molar-refractivity contribution in [2.75, 3.05) is 5.32 Å². The summed E-state index contributed by atoms with van der Waals surface area (Å²) >= 11 is 0. The third-order valence-corrected chi connectivity index (χ3v) is 5.14. The number of rotatable bonds is 2. The third-order valence-electron chi connectivity index (χ3n) is 5.14. The molecule has 4 aromatic rings. The van der Waals surface area contributed by atoms with E-state index in [4.69, 9.17) is 0 Å². The van der Waals surface area contributed by atoms with E-state index in [9.17, 15) is 9.18 Å². The molecule has 2 heterocycles. The van der Waals surface area contributed by atoms with Gasteiger partial charge in [-0.25, -0.2) is 9.49 Å². The molecule has 0 spiro atoms. The summed E-state index contributed by atoms with van der Waals surface area (Å²) in [5.41, 5.74) is 3.11. The highest BCUT2D eigenvalue weighted by Crippen LogP contribution is 2.46. The molecule has 0 bridgehead atoms.